The Kier molecular flexibility index (Phi) is 4.32. The van der Waals surface area contributed by atoms with Crippen LogP contribution in [0.2, 0.25) is 0 Å². The zero-order valence-corrected chi connectivity index (χ0v) is 5.75. The van der Waals surface area contributed by atoms with Gasteiger partial charge < -0.3 is 0 Å². The summed E-state index contributed by atoms with van der Waals surface area (Å²) in [6.07, 6.45) is 3.23. The third-order valence-electron chi connectivity index (χ3n) is 0.230. The molecule has 0 aliphatic carbocycles. The summed E-state index contributed by atoms with van der Waals surface area (Å²) in [5.41, 5.74) is 0. The van der Waals surface area contributed by atoms with Crippen LogP contribution in [0.4, 0.5) is 0 Å². The zero-order chi connectivity index (χ0) is 5.70. The molecule has 0 spiro atoms. The molecule has 0 saturated heterocycles. The van der Waals surface area contributed by atoms with E-state index in [1.807, 2.05) is 0 Å². The molecule has 0 aromatic heterocycles. The fraction of sp³-hybridized carbons (Fsp3) is 1.00. The quantitative estimate of drug-likeness (QED) is 0.422. The molecule has 7 heavy (non-hydrogen) atoms. The predicted octanol–water partition coefficient (Wildman–Crippen LogP) is 1.01. The third-order valence-corrected chi connectivity index (χ3v) is 0.890. The van der Waals surface area contributed by atoms with Crippen molar-refractivity contribution in [1.82, 2.24) is 0 Å². The lowest BCUT2D eigenvalue weighted by Crippen LogP contribution is -1.70. The van der Waals surface area contributed by atoms with Crippen LogP contribution in [0.5, 0.6) is 0 Å². The van der Waals surface area contributed by atoms with Crippen molar-refractivity contribution in [2.24, 2.45) is 9.04 Å². The number of hydrogen-bond acceptors (Lipinski definition) is 3. The molecule has 0 amide bonds. The van der Waals surface area contributed by atoms with Crippen LogP contribution in [0.3, 0.4) is 0 Å². The van der Waals surface area contributed by atoms with Crippen molar-refractivity contribution in [3.8, 4) is 0 Å². The van der Waals surface area contributed by atoms with Crippen LogP contribution in [0.25, 0.3) is 0 Å². The van der Waals surface area contributed by atoms with Gasteiger partial charge in [0.05, 0.1) is 0 Å². The van der Waals surface area contributed by atoms with Crippen molar-refractivity contribution in [2.45, 2.75) is 0 Å². The van der Waals surface area contributed by atoms with Crippen LogP contribution in [0, 0.1) is 0 Å². The lowest BCUT2D eigenvalue weighted by atomic mass is 12.0. The second-order valence-corrected chi connectivity index (χ2v) is 2.31. The minimum Gasteiger partial charge on any atom is -0.234 e. The van der Waals surface area contributed by atoms with Crippen LogP contribution in [0.1, 0.15) is 0 Å². The van der Waals surface area contributed by atoms with E-state index < -0.39 is 11.0 Å². The summed E-state index contributed by atoms with van der Waals surface area (Å²) in [6.45, 7) is 0. The first-order valence-electron chi connectivity index (χ1n) is 1.55. The number of nitrogens with zero attached hydrogens (tertiary/aromatic N) is 2. The molecule has 0 aliphatic heterocycles. The van der Waals surface area contributed by atoms with Gasteiger partial charge >= 0.3 is 0 Å². The maximum absolute atomic E-state index is 10.0. The summed E-state index contributed by atoms with van der Waals surface area (Å²) in [6, 6.07) is 0. The average Bonchev–Trinajstić information content (AvgIpc) is 1.61. The summed E-state index contributed by atoms with van der Waals surface area (Å²) in [5.74, 6) is 0. The van der Waals surface area contributed by atoms with Crippen molar-refractivity contribution in [3.05, 3.63) is 0 Å². The second kappa shape index (κ2) is 4.26. The van der Waals surface area contributed by atoms with E-state index in [9.17, 15) is 4.21 Å². The van der Waals surface area contributed by atoms with Gasteiger partial charge in [-0.2, -0.15) is 0 Å². The Morgan fingerprint density at radius 2 is 2.29 bits per heavy atom. The minimum atomic E-state index is -1.13. The summed E-state index contributed by atoms with van der Waals surface area (Å²) in [7, 11) is -1.13. The van der Waals surface area contributed by atoms with Gasteiger partial charge in [0.25, 0.3) is 0 Å². The van der Waals surface area contributed by atoms with E-state index in [1.54, 1.807) is 6.26 Å². The van der Waals surface area contributed by atoms with Crippen LogP contribution in [0.15, 0.2) is 9.04 Å². The molecule has 0 saturated carbocycles. The molecule has 0 aromatic rings. The Morgan fingerprint density at radius 1 is 1.71 bits per heavy atom. The largest absolute Gasteiger partial charge is 0.234 e. The maximum atomic E-state index is 10.0. The number of rotatable bonds is 2. The third kappa shape index (κ3) is 6.10. The van der Waals surface area contributed by atoms with Crippen molar-refractivity contribution in [2.75, 3.05) is 12.5 Å². The Morgan fingerprint density at radius 3 is 2.43 bits per heavy atom. The van der Waals surface area contributed by atoms with E-state index in [0.29, 0.717) is 0 Å². The van der Waals surface area contributed by atoms with Gasteiger partial charge in [-0.15, -0.1) is 4.52 Å². The monoisotopic (exact) mass is 138 g/mol. The maximum Gasteiger partial charge on any atom is 0.156 e. The molecule has 1 atom stereocenters. The molecule has 0 N–H and O–H groups in total. The summed E-state index contributed by atoms with van der Waals surface area (Å²) >= 11 is 1.20. The van der Waals surface area contributed by atoms with Crippen LogP contribution in [-0.4, -0.2) is 16.7 Å². The summed E-state index contributed by atoms with van der Waals surface area (Å²) in [5, 5.41) is 0. The van der Waals surface area contributed by atoms with Gasteiger partial charge in [-0.1, -0.05) is 4.52 Å². The average molecular weight is 138 g/mol. The van der Waals surface area contributed by atoms with Gasteiger partial charge in [-0.05, 0) is 11.9 Å². The fourth-order valence-corrected chi connectivity index (χ4v) is 0.722. The van der Waals surface area contributed by atoms with Gasteiger partial charge in [-0.25, -0.2) is 4.21 Å². The normalized spacial score (nSPS) is 15.1. The second-order valence-electron chi connectivity index (χ2n) is 0.770. The predicted molar refractivity (Wildman–Crippen MR) is 32.4 cm³/mol. The molecule has 0 fully saturated rings. The van der Waals surface area contributed by atoms with E-state index in [-0.39, 0.29) is 0 Å². The molecule has 0 rings (SSSR count). The summed E-state index contributed by atoms with van der Waals surface area (Å²) in [4.78, 5) is 0. The first-order chi connectivity index (χ1) is 3.27. The Bertz CT molecular complexity index is 91.7. The van der Waals surface area contributed by atoms with E-state index >= 15 is 0 Å². The first kappa shape index (κ1) is 7.10. The van der Waals surface area contributed by atoms with Gasteiger partial charge in [-0.3, -0.25) is 0 Å². The van der Waals surface area contributed by atoms with Crippen molar-refractivity contribution in [3.63, 3.8) is 0 Å². The van der Waals surface area contributed by atoms with Crippen molar-refractivity contribution < 1.29 is 4.21 Å². The lowest BCUT2D eigenvalue weighted by Gasteiger charge is -1.74. The molecule has 0 aromatic carbocycles. The zero-order valence-electron chi connectivity index (χ0n) is 4.12. The van der Waals surface area contributed by atoms with Gasteiger partial charge in [0.1, 0.15) is 0 Å². The molecule has 0 radical (unpaired) electrons. The Balaban J connectivity index is 3.26. The van der Waals surface area contributed by atoms with E-state index in [2.05, 4.69) is 9.04 Å². The SMILES string of the molecule is CSN=N[S@](C)=O. The van der Waals surface area contributed by atoms with Gasteiger partial charge in [0, 0.05) is 12.5 Å². The van der Waals surface area contributed by atoms with Crippen LogP contribution in [-0.2, 0) is 11.0 Å². The van der Waals surface area contributed by atoms with Gasteiger partial charge in [0.15, 0.2) is 11.0 Å². The highest BCUT2D eigenvalue weighted by Crippen LogP contribution is 1.94. The molecule has 42 valence electrons. The highest BCUT2D eigenvalue weighted by atomic mass is 32.2. The van der Waals surface area contributed by atoms with E-state index in [0.717, 1.165) is 0 Å². The molecule has 0 heterocycles. The molecule has 3 nitrogen and oxygen atoms in total. The van der Waals surface area contributed by atoms with E-state index in [1.165, 1.54) is 18.2 Å². The number of hydrogen-bond donors (Lipinski definition) is 0. The van der Waals surface area contributed by atoms with Crippen LogP contribution < -0.4 is 0 Å². The molecule has 5 heteroatoms. The summed E-state index contributed by atoms with van der Waals surface area (Å²) < 4.78 is 16.8. The molecule has 0 bridgehead atoms. The van der Waals surface area contributed by atoms with E-state index in [4.69, 9.17) is 0 Å². The molecule has 0 unspecified atom stereocenters. The Labute approximate surface area is 49.3 Å². The first-order valence-corrected chi connectivity index (χ1v) is 4.24. The van der Waals surface area contributed by atoms with Crippen molar-refractivity contribution >= 4 is 22.9 Å². The Hall–Kier alpha value is 0.1000. The lowest BCUT2D eigenvalue weighted by molar-refractivity contribution is 0.687. The van der Waals surface area contributed by atoms with Crippen molar-refractivity contribution in [1.29, 1.82) is 0 Å². The molecule has 0 aliphatic rings. The van der Waals surface area contributed by atoms with Gasteiger partial charge in [0.2, 0.25) is 0 Å². The highest BCUT2D eigenvalue weighted by molar-refractivity contribution is 7.97. The topological polar surface area (TPSA) is 41.8 Å². The molecular formula is C2H6N2OS2. The van der Waals surface area contributed by atoms with Crippen LogP contribution >= 0.6 is 11.9 Å². The fourth-order valence-electron chi connectivity index (χ4n) is 0.0803. The highest BCUT2D eigenvalue weighted by Gasteiger charge is 1.75. The smallest absolute Gasteiger partial charge is 0.156 e. The standard InChI is InChI=1S/C2H6N2OS2/c1-6-3-4-7(2)5/h1-2H3/t7-/m0/s1. The minimum absolute atomic E-state index is 1.13. The molecular weight excluding hydrogens is 132 g/mol.